The molecule has 0 bridgehead atoms. The summed E-state index contributed by atoms with van der Waals surface area (Å²) in [7, 11) is 0. The fraction of sp³-hybridized carbons (Fsp3) is 0.318. The van der Waals surface area contributed by atoms with E-state index < -0.39 is 11.9 Å². The van der Waals surface area contributed by atoms with Crippen LogP contribution < -0.4 is 10.6 Å². The maximum absolute atomic E-state index is 12.3. The van der Waals surface area contributed by atoms with Crippen LogP contribution in [-0.2, 0) is 14.3 Å². The van der Waals surface area contributed by atoms with E-state index in [2.05, 4.69) is 10.6 Å². The Balaban J connectivity index is 1.49. The minimum Gasteiger partial charge on any atom is -0.456 e. The number of nitrogens with one attached hydrogen (secondary N) is 2. The van der Waals surface area contributed by atoms with Crippen LogP contribution in [0.5, 0.6) is 0 Å². The van der Waals surface area contributed by atoms with Crippen molar-refractivity contribution in [3.8, 4) is 0 Å². The first-order valence-corrected chi connectivity index (χ1v) is 9.43. The largest absolute Gasteiger partial charge is 0.456 e. The van der Waals surface area contributed by atoms with Crippen LogP contribution in [0.15, 0.2) is 54.6 Å². The molecule has 0 unspecified atom stereocenters. The Bertz CT molecular complexity index is 847. The van der Waals surface area contributed by atoms with Crippen molar-refractivity contribution in [2.45, 2.75) is 38.1 Å². The number of rotatable bonds is 8. The number of amides is 2. The molecule has 0 aromatic heterocycles. The van der Waals surface area contributed by atoms with E-state index in [0.29, 0.717) is 11.3 Å². The van der Waals surface area contributed by atoms with Gasteiger partial charge < -0.3 is 15.4 Å². The van der Waals surface area contributed by atoms with Gasteiger partial charge in [0.2, 0.25) is 0 Å². The molecule has 146 valence electrons. The Kier molecular flexibility index (Phi) is 6.42. The lowest BCUT2D eigenvalue weighted by Gasteiger charge is -2.13. The number of carbonyl (C=O) groups is 3. The predicted octanol–water partition coefficient (Wildman–Crippen LogP) is 3.25. The highest BCUT2D eigenvalue weighted by Gasteiger charge is 2.25. The monoisotopic (exact) mass is 380 g/mol. The van der Waals surface area contributed by atoms with Crippen LogP contribution in [0.1, 0.15) is 48.0 Å². The minimum atomic E-state index is -0.479. The number of ether oxygens (including phenoxy) is 1. The summed E-state index contributed by atoms with van der Waals surface area (Å²) < 4.78 is 5.09. The van der Waals surface area contributed by atoms with Gasteiger partial charge in [-0.05, 0) is 36.5 Å². The van der Waals surface area contributed by atoms with Gasteiger partial charge in [-0.3, -0.25) is 14.4 Å². The van der Waals surface area contributed by atoms with Gasteiger partial charge in [0.1, 0.15) is 0 Å². The zero-order valence-electron chi connectivity index (χ0n) is 15.8. The normalized spacial score (nSPS) is 14.0. The molecule has 28 heavy (non-hydrogen) atoms. The van der Waals surface area contributed by atoms with E-state index in [1.54, 1.807) is 24.3 Å². The summed E-state index contributed by atoms with van der Waals surface area (Å²) >= 11 is 0. The van der Waals surface area contributed by atoms with E-state index in [0.717, 1.165) is 18.4 Å². The van der Waals surface area contributed by atoms with Crippen LogP contribution in [0.2, 0.25) is 0 Å². The third kappa shape index (κ3) is 5.67. The minimum absolute atomic E-state index is 0.00334. The first kappa shape index (κ1) is 19.6. The fourth-order valence-corrected chi connectivity index (χ4v) is 2.82. The quantitative estimate of drug-likeness (QED) is 0.689. The average molecular weight is 380 g/mol. The number of esters is 1. The third-order valence-corrected chi connectivity index (χ3v) is 4.56. The summed E-state index contributed by atoms with van der Waals surface area (Å²) in [4.78, 5) is 36.5. The summed E-state index contributed by atoms with van der Waals surface area (Å²) in [5.41, 5.74) is 1.84. The summed E-state index contributed by atoms with van der Waals surface area (Å²) in [6, 6.07) is 16.7. The molecule has 1 atom stereocenters. The highest BCUT2D eigenvalue weighted by molar-refractivity contribution is 6.04. The SMILES string of the molecule is C[C@H](CC(=O)OCC(=O)Nc1ccccc1C(=O)NC1CC1)c1ccccc1. The Morgan fingerprint density at radius 2 is 1.71 bits per heavy atom. The van der Waals surface area contributed by atoms with E-state index in [-0.39, 0.29) is 30.9 Å². The summed E-state index contributed by atoms with van der Waals surface area (Å²) in [5, 5.41) is 5.54. The molecule has 0 saturated heterocycles. The van der Waals surface area contributed by atoms with Crippen molar-refractivity contribution in [2.75, 3.05) is 11.9 Å². The molecule has 6 heteroatoms. The van der Waals surface area contributed by atoms with Crippen molar-refractivity contribution in [1.29, 1.82) is 0 Å². The molecule has 0 heterocycles. The van der Waals surface area contributed by atoms with Gasteiger partial charge in [0.15, 0.2) is 6.61 Å². The standard InChI is InChI=1S/C22H24N2O4/c1-15(16-7-3-2-4-8-16)13-21(26)28-14-20(25)24-19-10-6-5-9-18(19)22(27)23-17-11-12-17/h2-10,15,17H,11-14H2,1H3,(H,23,27)(H,24,25)/t15-/m1/s1. The number of anilines is 1. The molecule has 0 aliphatic heterocycles. The number of carbonyl (C=O) groups excluding carboxylic acids is 3. The van der Waals surface area contributed by atoms with Crippen LogP contribution in [-0.4, -0.2) is 30.4 Å². The lowest BCUT2D eigenvalue weighted by Crippen LogP contribution is -2.28. The lowest BCUT2D eigenvalue weighted by atomic mass is 9.98. The summed E-state index contributed by atoms with van der Waals surface area (Å²) in [6.45, 7) is 1.55. The van der Waals surface area contributed by atoms with E-state index in [4.69, 9.17) is 4.74 Å². The average Bonchev–Trinajstić information content (AvgIpc) is 3.51. The lowest BCUT2D eigenvalue weighted by molar-refractivity contribution is -0.147. The molecular formula is C22H24N2O4. The number of hydrogen-bond donors (Lipinski definition) is 2. The number of para-hydroxylation sites is 1. The molecule has 3 rings (SSSR count). The van der Waals surface area contributed by atoms with Gasteiger partial charge in [0.05, 0.1) is 17.7 Å². The maximum atomic E-state index is 12.3. The van der Waals surface area contributed by atoms with Crippen molar-refractivity contribution in [3.05, 3.63) is 65.7 Å². The van der Waals surface area contributed by atoms with E-state index in [1.807, 2.05) is 37.3 Å². The Labute approximate surface area is 164 Å². The summed E-state index contributed by atoms with van der Waals surface area (Å²) in [5.74, 6) is -1.13. The highest BCUT2D eigenvalue weighted by Crippen LogP contribution is 2.22. The molecule has 2 aromatic rings. The molecule has 1 aliphatic rings. The molecule has 1 fully saturated rings. The van der Waals surface area contributed by atoms with Crippen LogP contribution in [0.3, 0.4) is 0 Å². The molecular weight excluding hydrogens is 356 g/mol. The van der Waals surface area contributed by atoms with Gasteiger partial charge in [-0.2, -0.15) is 0 Å². The van der Waals surface area contributed by atoms with Gasteiger partial charge >= 0.3 is 5.97 Å². The van der Waals surface area contributed by atoms with Crippen molar-refractivity contribution in [1.82, 2.24) is 5.32 Å². The zero-order valence-corrected chi connectivity index (χ0v) is 15.8. The maximum Gasteiger partial charge on any atom is 0.306 e. The van der Waals surface area contributed by atoms with Crippen LogP contribution in [0, 0.1) is 0 Å². The molecule has 6 nitrogen and oxygen atoms in total. The molecule has 0 spiro atoms. The van der Waals surface area contributed by atoms with Gasteiger partial charge in [-0.15, -0.1) is 0 Å². The molecule has 2 aromatic carbocycles. The fourth-order valence-electron chi connectivity index (χ4n) is 2.82. The number of benzene rings is 2. The third-order valence-electron chi connectivity index (χ3n) is 4.56. The predicted molar refractivity (Wildman–Crippen MR) is 106 cm³/mol. The zero-order chi connectivity index (χ0) is 19.9. The molecule has 2 amide bonds. The van der Waals surface area contributed by atoms with Gasteiger partial charge in [-0.25, -0.2) is 0 Å². The molecule has 1 saturated carbocycles. The molecule has 0 radical (unpaired) electrons. The van der Waals surface area contributed by atoms with Crippen LogP contribution >= 0.6 is 0 Å². The smallest absolute Gasteiger partial charge is 0.306 e. The van der Waals surface area contributed by atoms with E-state index in [9.17, 15) is 14.4 Å². The Morgan fingerprint density at radius 3 is 2.43 bits per heavy atom. The molecule has 2 N–H and O–H groups in total. The second-order valence-corrected chi connectivity index (χ2v) is 7.02. The van der Waals surface area contributed by atoms with Crippen molar-refractivity contribution in [3.63, 3.8) is 0 Å². The summed E-state index contributed by atoms with van der Waals surface area (Å²) in [6.07, 6.45) is 2.16. The molecule has 1 aliphatic carbocycles. The van der Waals surface area contributed by atoms with Gasteiger partial charge in [0.25, 0.3) is 11.8 Å². The van der Waals surface area contributed by atoms with Crippen molar-refractivity contribution in [2.24, 2.45) is 0 Å². The van der Waals surface area contributed by atoms with Gasteiger partial charge in [-0.1, -0.05) is 49.4 Å². The van der Waals surface area contributed by atoms with E-state index >= 15 is 0 Å². The second-order valence-electron chi connectivity index (χ2n) is 7.02. The van der Waals surface area contributed by atoms with Crippen LogP contribution in [0.4, 0.5) is 5.69 Å². The van der Waals surface area contributed by atoms with Gasteiger partial charge in [0, 0.05) is 6.04 Å². The topological polar surface area (TPSA) is 84.5 Å². The Morgan fingerprint density at radius 1 is 1.04 bits per heavy atom. The first-order valence-electron chi connectivity index (χ1n) is 9.43. The second kappa shape index (κ2) is 9.17. The first-order chi connectivity index (χ1) is 13.5. The highest BCUT2D eigenvalue weighted by atomic mass is 16.5. The number of hydrogen-bond acceptors (Lipinski definition) is 4. The van der Waals surface area contributed by atoms with Crippen molar-refractivity contribution >= 4 is 23.5 Å². The Hall–Kier alpha value is -3.15. The van der Waals surface area contributed by atoms with E-state index in [1.165, 1.54) is 0 Å². The van der Waals surface area contributed by atoms with Crippen molar-refractivity contribution < 1.29 is 19.1 Å². The van der Waals surface area contributed by atoms with Crippen LogP contribution in [0.25, 0.3) is 0 Å².